The molecule has 0 spiro atoms. The minimum Gasteiger partial charge on any atom is -0.391 e. The summed E-state index contributed by atoms with van der Waals surface area (Å²) in [5.74, 6) is -0.252. The second-order valence-corrected chi connectivity index (χ2v) is 5.12. The highest BCUT2D eigenvalue weighted by molar-refractivity contribution is 5.79. The van der Waals surface area contributed by atoms with Crippen LogP contribution in [0.25, 0.3) is 0 Å². The van der Waals surface area contributed by atoms with Gasteiger partial charge >= 0.3 is 0 Å². The Bertz CT molecular complexity index is 447. The molecule has 0 saturated carbocycles. The van der Waals surface area contributed by atoms with E-state index in [1.807, 2.05) is 24.7 Å². The maximum atomic E-state index is 12.2. The zero-order valence-corrected chi connectivity index (χ0v) is 12.1. The largest absolute Gasteiger partial charge is 0.391 e. The zero-order valence-electron chi connectivity index (χ0n) is 12.1. The number of hydrogen-bond donors (Lipinski definition) is 2. The van der Waals surface area contributed by atoms with Crippen molar-refractivity contribution < 1.29 is 14.6 Å². The van der Waals surface area contributed by atoms with Crippen molar-refractivity contribution in [2.45, 2.75) is 45.4 Å². The van der Waals surface area contributed by atoms with Crippen molar-refractivity contribution >= 4 is 5.91 Å². The lowest BCUT2D eigenvalue weighted by atomic mass is 9.96. The van der Waals surface area contributed by atoms with Gasteiger partial charge in [-0.1, -0.05) is 6.92 Å². The van der Waals surface area contributed by atoms with Gasteiger partial charge in [-0.15, -0.1) is 0 Å². The number of aliphatic hydroxyl groups is 1. The Morgan fingerprint density at radius 3 is 3.10 bits per heavy atom. The molecular weight excluding hydrogens is 258 g/mol. The van der Waals surface area contributed by atoms with Crippen LogP contribution in [-0.4, -0.2) is 40.0 Å². The van der Waals surface area contributed by atoms with Crippen LogP contribution in [0.5, 0.6) is 0 Å². The fourth-order valence-electron chi connectivity index (χ4n) is 2.38. The fraction of sp³-hybridized carbons (Fsp3) is 0.714. The molecule has 3 atom stereocenters. The number of carbonyl (C=O) groups excluding carboxylic acids is 1. The lowest BCUT2D eigenvalue weighted by Crippen LogP contribution is -2.37. The van der Waals surface area contributed by atoms with Crippen LogP contribution in [0.4, 0.5) is 0 Å². The molecule has 112 valence electrons. The van der Waals surface area contributed by atoms with Crippen molar-refractivity contribution in [3.63, 3.8) is 0 Å². The summed E-state index contributed by atoms with van der Waals surface area (Å²) in [4.78, 5) is 12.2. The lowest BCUT2D eigenvalue weighted by Gasteiger charge is -2.18. The molecule has 0 bridgehead atoms. The van der Waals surface area contributed by atoms with E-state index < -0.39 is 6.10 Å². The van der Waals surface area contributed by atoms with Crippen molar-refractivity contribution in [1.29, 1.82) is 0 Å². The van der Waals surface area contributed by atoms with E-state index in [1.54, 1.807) is 6.20 Å². The number of aromatic nitrogens is 2. The monoisotopic (exact) mass is 281 g/mol. The van der Waals surface area contributed by atoms with Gasteiger partial charge in [0.1, 0.15) is 0 Å². The van der Waals surface area contributed by atoms with E-state index in [-0.39, 0.29) is 17.9 Å². The van der Waals surface area contributed by atoms with Crippen molar-refractivity contribution in [3.8, 4) is 0 Å². The van der Waals surface area contributed by atoms with E-state index in [1.165, 1.54) is 0 Å². The molecule has 2 heterocycles. The van der Waals surface area contributed by atoms with E-state index in [2.05, 4.69) is 10.4 Å². The summed E-state index contributed by atoms with van der Waals surface area (Å²) in [6.07, 6.45) is 4.32. The molecule has 1 aromatic heterocycles. The van der Waals surface area contributed by atoms with Crippen LogP contribution >= 0.6 is 0 Å². The normalized spacial score (nSPS) is 23.8. The quantitative estimate of drug-likeness (QED) is 0.811. The van der Waals surface area contributed by atoms with Crippen molar-refractivity contribution in [1.82, 2.24) is 15.1 Å². The van der Waals surface area contributed by atoms with Crippen LogP contribution in [0.15, 0.2) is 12.4 Å². The van der Waals surface area contributed by atoms with Gasteiger partial charge in [0.15, 0.2) is 0 Å². The molecule has 2 rings (SSSR count). The Morgan fingerprint density at radius 1 is 1.65 bits per heavy atom. The molecule has 1 aromatic rings. The van der Waals surface area contributed by atoms with Gasteiger partial charge in [-0.25, -0.2) is 0 Å². The molecule has 0 unspecified atom stereocenters. The van der Waals surface area contributed by atoms with Gasteiger partial charge in [-0.2, -0.15) is 5.10 Å². The highest BCUT2D eigenvalue weighted by Crippen LogP contribution is 2.34. The topological polar surface area (TPSA) is 76.4 Å². The summed E-state index contributed by atoms with van der Waals surface area (Å²) in [5.41, 5.74) is 0.945. The van der Waals surface area contributed by atoms with Gasteiger partial charge in [0.2, 0.25) is 5.91 Å². The summed E-state index contributed by atoms with van der Waals surface area (Å²) in [7, 11) is 0. The molecule has 2 N–H and O–H groups in total. The molecule has 1 aliphatic rings. The molecule has 0 radical (unpaired) electrons. The maximum absolute atomic E-state index is 12.2. The SMILES string of the molecule is CC[C@H](O)CNC(=O)[C@H]1CCO[C@@H]1c1cnn(CC)c1. The number of rotatable bonds is 6. The maximum Gasteiger partial charge on any atom is 0.226 e. The van der Waals surface area contributed by atoms with Crippen LogP contribution in [0, 0.1) is 5.92 Å². The molecule has 1 saturated heterocycles. The first-order chi connectivity index (χ1) is 9.65. The Kier molecular flexibility index (Phi) is 5.14. The van der Waals surface area contributed by atoms with Crippen molar-refractivity contribution in [3.05, 3.63) is 18.0 Å². The van der Waals surface area contributed by atoms with Gasteiger partial charge in [0, 0.05) is 31.5 Å². The predicted octanol–water partition coefficient (Wildman–Crippen LogP) is 0.868. The molecule has 6 heteroatoms. The molecular formula is C14H23N3O3. The average Bonchev–Trinajstić information content (AvgIpc) is 3.11. The van der Waals surface area contributed by atoms with Crippen LogP contribution in [0.2, 0.25) is 0 Å². The lowest BCUT2D eigenvalue weighted by molar-refractivity contribution is -0.127. The molecule has 20 heavy (non-hydrogen) atoms. The van der Waals surface area contributed by atoms with Gasteiger partial charge in [0.05, 0.1) is 24.3 Å². The number of nitrogens with one attached hydrogen (secondary N) is 1. The standard InChI is InChI=1S/C14H23N3O3/c1-3-11(18)8-15-14(19)12-5-6-20-13(12)10-7-16-17(4-2)9-10/h7,9,11-13,18H,3-6,8H2,1-2H3,(H,15,19)/t11-,12-,13+/m0/s1. The van der Waals surface area contributed by atoms with Gasteiger partial charge < -0.3 is 15.2 Å². The number of carbonyl (C=O) groups is 1. The minimum atomic E-state index is -0.484. The van der Waals surface area contributed by atoms with E-state index in [0.29, 0.717) is 26.0 Å². The number of aryl methyl sites for hydroxylation is 1. The predicted molar refractivity (Wildman–Crippen MR) is 74.0 cm³/mol. The van der Waals surface area contributed by atoms with Crippen molar-refractivity contribution in [2.24, 2.45) is 5.92 Å². The minimum absolute atomic E-state index is 0.0516. The third-order valence-corrected chi connectivity index (χ3v) is 3.72. The third kappa shape index (κ3) is 3.37. The van der Waals surface area contributed by atoms with E-state index >= 15 is 0 Å². The Morgan fingerprint density at radius 2 is 2.45 bits per heavy atom. The number of aliphatic hydroxyl groups excluding tert-OH is 1. The van der Waals surface area contributed by atoms with E-state index in [4.69, 9.17) is 4.74 Å². The van der Waals surface area contributed by atoms with Crippen LogP contribution in [0.3, 0.4) is 0 Å². The third-order valence-electron chi connectivity index (χ3n) is 3.72. The van der Waals surface area contributed by atoms with Gasteiger partial charge in [-0.05, 0) is 19.8 Å². The van der Waals surface area contributed by atoms with Gasteiger partial charge in [0.25, 0.3) is 0 Å². The Hall–Kier alpha value is -1.40. The van der Waals surface area contributed by atoms with Gasteiger partial charge in [-0.3, -0.25) is 9.48 Å². The van der Waals surface area contributed by atoms with Crippen molar-refractivity contribution in [2.75, 3.05) is 13.2 Å². The Labute approximate surface area is 119 Å². The summed E-state index contributed by atoms with van der Waals surface area (Å²) in [5, 5.41) is 16.5. The number of hydrogen-bond acceptors (Lipinski definition) is 4. The van der Waals surface area contributed by atoms with E-state index in [0.717, 1.165) is 12.1 Å². The smallest absolute Gasteiger partial charge is 0.226 e. The number of ether oxygens (including phenoxy) is 1. The van der Waals surface area contributed by atoms with Crippen LogP contribution in [0.1, 0.15) is 38.4 Å². The summed E-state index contributed by atoms with van der Waals surface area (Å²) in [6.45, 7) is 5.58. The molecule has 1 amide bonds. The summed E-state index contributed by atoms with van der Waals surface area (Å²) < 4.78 is 7.51. The van der Waals surface area contributed by atoms with Crippen LogP contribution < -0.4 is 5.32 Å². The first kappa shape index (κ1) is 15.0. The Balaban J connectivity index is 1.97. The zero-order chi connectivity index (χ0) is 14.5. The second-order valence-electron chi connectivity index (χ2n) is 5.12. The molecule has 1 aliphatic heterocycles. The first-order valence-electron chi connectivity index (χ1n) is 7.25. The van der Waals surface area contributed by atoms with E-state index in [9.17, 15) is 9.90 Å². The number of amides is 1. The summed E-state index contributed by atoms with van der Waals surface area (Å²) in [6, 6.07) is 0. The fourth-order valence-corrected chi connectivity index (χ4v) is 2.38. The molecule has 1 fully saturated rings. The average molecular weight is 281 g/mol. The van der Waals surface area contributed by atoms with Crippen LogP contribution in [-0.2, 0) is 16.1 Å². The molecule has 6 nitrogen and oxygen atoms in total. The number of nitrogens with zero attached hydrogens (tertiary/aromatic N) is 2. The summed E-state index contributed by atoms with van der Waals surface area (Å²) >= 11 is 0. The first-order valence-corrected chi connectivity index (χ1v) is 7.25. The molecule has 0 aliphatic carbocycles. The molecule has 0 aromatic carbocycles. The highest BCUT2D eigenvalue weighted by Gasteiger charge is 2.35. The highest BCUT2D eigenvalue weighted by atomic mass is 16.5. The second kappa shape index (κ2) is 6.85.